The first-order chi connectivity index (χ1) is 8.15. The average Bonchev–Trinajstić information content (AvgIpc) is 2.31. The predicted octanol–water partition coefficient (Wildman–Crippen LogP) is 3.61. The number of ether oxygens (including phenoxy) is 1. The Morgan fingerprint density at radius 2 is 1.94 bits per heavy atom. The van der Waals surface area contributed by atoms with Gasteiger partial charge in [0.1, 0.15) is 0 Å². The van der Waals surface area contributed by atoms with Crippen LogP contribution >= 0.6 is 0 Å². The molecule has 102 valence electrons. The molecular formula is C15H31NO. The summed E-state index contributed by atoms with van der Waals surface area (Å²) in [4.78, 5) is 0. The fourth-order valence-electron chi connectivity index (χ4n) is 2.57. The van der Waals surface area contributed by atoms with Crippen LogP contribution in [-0.2, 0) is 4.74 Å². The van der Waals surface area contributed by atoms with Crippen molar-refractivity contribution in [2.75, 3.05) is 13.2 Å². The minimum atomic E-state index is 0.508. The van der Waals surface area contributed by atoms with Crippen molar-refractivity contribution in [2.24, 2.45) is 11.8 Å². The van der Waals surface area contributed by atoms with E-state index in [1.807, 2.05) is 0 Å². The highest BCUT2D eigenvalue weighted by molar-refractivity contribution is 4.75. The van der Waals surface area contributed by atoms with E-state index in [2.05, 4.69) is 33.0 Å². The molecule has 1 aliphatic rings. The van der Waals surface area contributed by atoms with E-state index >= 15 is 0 Å². The van der Waals surface area contributed by atoms with Gasteiger partial charge < -0.3 is 10.1 Å². The summed E-state index contributed by atoms with van der Waals surface area (Å²) < 4.78 is 6.15. The Hall–Kier alpha value is -0.0800. The lowest BCUT2D eigenvalue weighted by Crippen LogP contribution is -2.40. The summed E-state index contributed by atoms with van der Waals surface area (Å²) in [7, 11) is 0. The molecule has 0 aromatic heterocycles. The molecular weight excluding hydrogens is 210 g/mol. The van der Waals surface area contributed by atoms with Gasteiger partial charge in [0.15, 0.2) is 0 Å². The molecule has 17 heavy (non-hydrogen) atoms. The molecule has 3 atom stereocenters. The summed E-state index contributed by atoms with van der Waals surface area (Å²) in [5.41, 5.74) is 0. The van der Waals surface area contributed by atoms with Crippen molar-refractivity contribution < 1.29 is 4.74 Å². The van der Waals surface area contributed by atoms with Gasteiger partial charge in [-0.25, -0.2) is 0 Å². The van der Waals surface area contributed by atoms with Gasteiger partial charge in [-0.15, -0.1) is 0 Å². The van der Waals surface area contributed by atoms with E-state index < -0.39 is 0 Å². The third-order valence-electron chi connectivity index (χ3n) is 3.98. The quantitative estimate of drug-likeness (QED) is 0.735. The van der Waals surface area contributed by atoms with E-state index in [0.29, 0.717) is 18.1 Å². The molecule has 0 spiro atoms. The number of hydrogen-bond acceptors (Lipinski definition) is 2. The van der Waals surface area contributed by atoms with Gasteiger partial charge in [0.2, 0.25) is 0 Å². The molecule has 2 nitrogen and oxygen atoms in total. The Bertz CT molecular complexity index is 193. The van der Waals surface area contributed by atoms with Crippen LogP contribution in [0.4, 0.5) is 0 Å². The monoisotopic (exact) mass is 241 g/mol. The van der Waals surface area contributed by atoms with Gasteiger partial charge in [-0.1, -0.05) is 40.5 Å². The Kier molecular flexibility index (Phi) is 7.14. The first-order valence-corrected chi connectivity index (χ1v) is 7.50. The van der Waals surface area contributed by atoms with Crippen LogP contribution in [0.15, 0.2) is 0 Å². The van der Waals surface area contributed by atoms with Gasteiger partial charge in [0.05, 0.1) is 12.7 Å². The minimum Gasteiger partial charge on any atom is -0.376 e. The average molecular weight is 241 g/mol. The fourth-order valence-corrected chi connectivity index (χ4v) is 2.57. The molecule has 1 rings (SSSR count). The number of hydrogen-bond donors (Lipinski definition) is 1. The van der Waals surface area contributed by atoms with Crippen LogP contribution in [0.5, 0.6) is 0 Å². The van der Waals surface area contributed by atoms with E-state index in [1.165, 1.54) is 32.1 Å². The second-order valence-corrected chi connectivity index (χ2v) is 5.94. The zero-order valence-corrected chi connectivity index (χ0v) is 12.2. The molecule has 2 heteroatoms. The van der Waals surface area contributed by atoms with Gasteiger partial charge in [-0.05, 0) is 37.6 Å². The molecule has 0 bridgehead atoms. The summed E-state index contributed by atoms with van der Waals surface area (Å²) in [5.74, 6) is 1.41. The Labute approximate surface area is 108 Å². The van der Waals surface area contributed by atoms with Crippen LogP contribution in [0.2, 0.25) is 0 Å². The van der Waals surface area contributed by atoms with Crippen LogP contribution in [0.3, 0.4) is 0 Å². The van der Waals surface area contributed by atoms with Crippen LogP contribution < -0.4 is 5.32 Å². The second kappa shape index (κ2) is 8.10. The maximum Gasteiger partial charge on any atom is 0.0626 e. The second-order valence-electron chi connectivity index (χ2n) is 5.94. The van der Waals surface area contributed by atoms with Gasteiger partial charge in [0.25, 0.3) is 0 Å². The summed E-state index contributed by atoms with van der Waals surface area (Å²) in [6.07, 6.45) is 7.06. The highest BCUT2D eigenvalue weighted by Gasteiger charge is 2.23. The normalized spacial score (nSPS) is 27.4. The van der Waals surface area contributed by atoms with Gasteiger partial charge in [0, 0.05) is 6.04 Å². The van der Waals surface area contributed by atoms with Crippen molar-refractivity contribution in [3.05, 3.63) is 0 Å². The molecule has 3 unspecified atom stereocenters. The maximum atomic E-state index is 6.15. The largest absolute Gasteiger partial charge is 0.376 e. The molecule has 0 amide bonds. The van der Waals surface area contributed by atoms with Crippen molar-refractivity contribution in [3.8, 4) is 0 Å². The summed E-state index contributed by atoms with van der Waals surface area (Å²) in [6, 6.07) is 0.518. The molecule has 1 aliphatic carbocycles. The Balaban J connectivity index is 2.29. The van der Waals surface area contributed by atoms with Crippen molar-refractivity contribution in [1.82, 2.24) is 5.32 Å². The lowest BCUT2D eigenvalue weighted by molar-refractivity contribution is -0.0199. The smallest absolute Gasteiger partial charge is 0.0626 e. The van der Waals surface area contributed by atoms with E-state index in [4.69, 9.17) is 4.74 Å². The summed E-state index contributed by atoms with van der Waals surface area (Å²) >= 11 is 0. The lowest BCUT2D eigenvalue weighted by Gasteiger charge is -2.31. The van der Waals surface area contributed by atoms with Crippen molar-refractivity contribution in [2.45, 2.75) is 71.9 Å². The summed E-state index contributed by atoms with van der Waals surface area (Å²) in [6.45, 7) is 11.1. The Morgan fingerprint density at radius 1 is 1.24 bits per heavy atom. The van der Waals surface area contributed by atoms with Crippen LogP contribution in [-0.4, -0.2) is 25.3 Å². The van der Waals surface area contributed by atoms with Crippen molar-refractivity contribution in [1.29, 1.82) is 0 Å². The van der Waals surface area contributed by atoms with Gasteiger partial charge in [-0.3, -0.25) is 0 Å². The van der Waals surface area contributed by atoms with Crippen LogP contribution in [0.1, 0.15) is 59.8 Å². The van der Waals surface area contributed by atoms with Crippen molar-refractivity contribution in [3.63, 3.8) is 0 Å². The minimum absolute atomic E-state index is 0.508. The predicted molar refractivity (Wildman–Crippen MR) is 74.3 cm³/mol. The third kappa shape index (κ3) is 5.39. The van der Waals surface area contributed by atoms with Gasteiger partial charge in [-0.2, -0.15) is 0 Å². The number of rotatable bonds is 7. The van der Waals surface area contributed by atoms with E-state index in [-0.39, 0.29) is 0 Å². The zero-order chi connectivity index (χ0) is 12.7. The topological polar surface area (TPSA) is 21.3 Å². The highest BCUT2D eigenvalue weighted by atomic mass is 16.5. The molecule has 1 saturated carbocycles. The number of nitrogens with one attached hydrogen (secondary N) is 1. The molecule has 0 saturated heterocycles. The van der Waals surface area contributed by atoms with E-state index in [9.17, 15) is 0 Å². The molecule has 0 aromatic rings. The standard InChI is InChI=1S/C15H31NO/c1-5-10-16-14(12(2)3)11-17-15-9-7-6-8-13(15)4/h12-16H,5-11H2,1-4H3. The molecule has 0 heterocycles. The van der Waals surface area contributed by atoms with E-state index in [0.717, 1.165) is 19.1 Å². The first kappa shape index (κ1) is 15.0. The maximum absolute atomic E-state index is 6.15. The van der Waals surface area contributed by atoms with Crippen molar-refractivity contribution >= 4 is 0 Å². The van der Waals surface area contributed by atoms with Gasteiger partial charge >= 0.3 is 0 Å². The summed E-state index contributed by atoms with van der Waals surface area (Å²) in [5, 5.41) is 3.60. The first-order valence-electron chi connectivity index (χ1n) is 7.50. The molecule has 1 fully saturated rings. The Morgan fingerprint density at radius 3 is 2.53 bits per heavy atom. The van der Waals surface area contributed by atoms with Crippen LogP contribution in [0, 0.1) is 11.8 Å². The van der Waals surface area contributed by atoms with Crippen LogP contribution in [0.25, 0.3) is 0 Å². The highest BCUT2D eigenvalue weighted by Crippen LogP contribution is 2.26. The third-order valence-corrected chi connectivity index (χ3v) is 3.98. The lowest BCUT2D eigenvalue weighted by atomic mass is 9.88. The van der Waals surface area contributed by atoms with E-state index in [1.54, 1.807) is 0 Å². The zero-order valence-electron chi connectivity index (χ0n) is 12.2. The fraction of sp³-hybridized carbons (Fsp3) is 1.00. The molecule has 0 radical (unpaired) electrons. The molecule has 1 N–H and O–H groups in total. The molecule has 0 aromatic carbocycles. The molecule has 0 aliphatic heterocycles. The SMILES string of the molecule is CCCNC(COC1CCCCC1C)C(C)C.